The van der Waals surface area contributed by atoms with E-state index in [0.717, 1.165) is 35.8 Å². The molecule has 2 aliphatic rings. The van der Waals surface area contributed by atoms with E-state index in [4.69, 9.17) is 4.74 Å². The molecule has 9 nitrogen and oxygen atoms in total. The number of carbonyl (C=O) groups is 2. The molecule has 0 radical (unpaired) electrons. The monoisotopic (exact) mass is 466 g/mol. The van der Waals surface area contributed by atoms with Crippen LogP contribution in [0.3, 0.4) is 0 Å². The molecule has 10 heteroatoms. The van der Waals surface area contributed by atoms with Crippen LogP contribution in [-0.4, -0.2) is 98.5 Å². The summed E-state index contributed by atoms with van der Waals surface area (Å²) in [4.78, 5) is 30.7. The highest BCUT2D eigenvalue weighted by molar-refractivity contribution is 7.89. The van der Waals surface area contributed by atoms with Crippen LogP contribution in [0.25, 0.3) is 0 Å². The summed E-state index contributed by atoms with van der Waals surface area (Å²) < 4.78 is 32.9. The SMILES string of the molecule is CCOC(=O)N1CCN(C(=O)N(CCN2CCCCC2)S(=O)(=O)c2ccc(C)cc2)CC1. The molecule has 32 heavy (non-hydrogen) atoms. The molecule has 178 valence electrons. The number of nitrogens with zero attached hydrogens (tertiary/aromatic N) is 4. The highest BCUT2D eigenvalue weighted by Gasteiger charge is 2.35. The molecular weight excluding hydrogens is 432 g/mol. The number of aryl methyl sites for hydroxylation is 1. The van der Waals surface area contributed by atoms with Crippen molar-refractivity contribution in [2.45, 2.75) is 38.0 Å². The van der Waals surface area contributed by atoms with Gasteiger partial charge in [-0.15, -0.1) is 0 Å². The third kappa shape index (κ3) is 5.92. The van der Waals surface area contributed by atoms with Gasteiger partial charge in [-0.1, -0.05) is 24.1 Å². The third-order valence-electron chi connectivity index (χ3n) is 5.97. The van der Waals surface area contributed by atoms with Gasteiger partial charge in [0.1, 0.15) is 0 Å². The first-order valence-corrected chi connectivity index (χ1v) is 12.8. The van der Waals surface area contributed by atoms with Crippen molar-refractivity contribution in [2.24, 2.45) is 0 Å². The number of piperazine rings is 1. The van der Waals surface area contributed by atoms with E-state index in [2.05, 4.69) is 4.90 Å². The van der Waals surface area contributed by atoms with Gasteiger partial charge in [0.15, 0.2) is 0 Å². The molecule has 0 atom stereocenters. The predicted molar refractivity (Wildman–Crippen MR) is 121 cm³/mol. The molecular formula is C22H34N4O5S. The zero-order valence-corrected chi connectivity index (χ0v) is 19.8. The van der Waals surface area contributed by atoms with Crippen LogP contribution in [0.1, 0.15) is 31.7 Å². The Morgan fingerprint density at radius 3 is 2.12 bits per heavy atom. The number of rotatable bonds is 6. The molecule has 2 heterocycles. The Morgan fingerprint density at radius 1 is 0.938 bits per heavy atom. The molecule has 2 aliphatic heterocycles. The van der Waals surface area contributed by atoms with Gasteiger partial charge in [0.25, 0.3) is 10.0 Å². The maximum Gasteiger partial charge on any atom is 0.409 e. The fourth-order valence-corrected chi connectivity index (χ4v) is 5.40. The van der Waals surface area contributed by atoms with Gasteiger partial charge < -0.3 is 19.4 Å². The minimum Gasteiger partial charge on any atom is -0.450 e. The summed E-state index contributed by atoms with van der Waals surface area (Å²) in [6.45, 7) is 7.54. The van der Waals surface area contributed by atoms with Crippen LogP contribution in [0.4, 0.5) is 9.59 Å². The van der Waals surface area contributed by atoms with Gasteiger partial charge in [-0.2, -0.15) is 0 Å². The van der Waals surface area contributed by atoms with Crippen LogP contribution in [0.5, 0.6) is 0 Å². The number of urea groups is 1. The number of likely N-dealkylation sites (tertiary alicyclic amines) is 1. The zero-order valence-electron chi connectivity index (χ0n) is 19.0. The van der Waals surface area contributed by atoms with Crippen molar-refractivity contribution in [1.29, 1.82) is 0 Å². The molecule has 0 N–H and O–H groups in total. The van der Waals surface area contributed by atoms with Gasteiger partial charge in [-0.05, 0) is 51.9 Å². The molecule has 0 spiro atoms. The summed E-state index contributed by atoms with van der Waals surface area (Å²) in [5, 5.41) is 0. The fraction of sp³-hybridized carbons (Fsp3) is 0.636. The van der Waals surface area contributed by atoms with Gasteiger partial charge in [-0.25, -0.2) is 22.3 Å². The second-order valence-electron chi connectivity index (χ2n) is 8.25. The van der Waals surface area contributed by atoms with Crippen LogP contribution < -0.4 is 0 Å². The van der Waals surface area contributed by atoms with E-state index in [1.54, 1.807) is 36.1 Å². The minimum atomic E-state index is -4.00. The van der Waals surface area contributed by atoms with Crippen molar-refractivity contribution in [3.05, 3.63) is 29.8 Å². The van der Waals surface area contributed by atoms with Crippen molar-refractivity contribution < 1.29 is 22.7 Å². The van der Waals surface area contributed by atoms with Crippen LogP contribution in [0, 0.1) is 6.92 Å². The third-order valence-corrected chi connectivity index (χ3v) is 7.75. The standard InChI is InChI=1S/C22H34N4O5S/c1-3-31-22(28)25-16-14-24(15-17-25)21(27)26(18-13-23-11-5-4-6-12-23)32(29,30)20-9-7-19(2)8-10-20/h7-10H,3-6,11-18H2,1-2H3. The number of carbonyl (C=O) groups excluding carboxylic acids is 2. The number of piperidine rings is 1. The lowest BCUT2D eigenvalue weighted by atomic mass is 10.1. The van der Waals surface area contributed by atoms with E-state index in [-0.39, 0.29) is 31.1 Å². The van der Waals surface area contributed by atoms with E-state index in [0.29, 0.717) is 19.6 Å². The average Bonchev–Trinajstić information content (AvgIpc) is 2.80. The molecule has 0 unspecified atom stereocenters. The van der Waals surface area contributed by atoms with Crippen LogP contribution in [0.2, 0.25) is 0 Å². The Hall–Kier alpha value is -2.33. The quantitative estimate of drug-likeness (QED) is 0.639. The van der Waals surface area contributed by atoms with Gasteiger partial charge >= 0.3 is 12.1 Å². The number of ether oxygens (including phenoxy) is 1. The normalized spacial score (nSPS) is 17.8. The first-order chi connectivity index (χ1) is 15.3. The lowest BCUT2D eigenvalue weighted by Crippen LogP contribution is -2.56. The van der Waals surface area contributed by atoms with Crippen LogP contribution >= 0.6 is 0 Å². The van der Waals surface area contributed by atoms with E-state index < -0.39 is 22.1 Å². The Bertz CT molecular complexity index is 876. The Labute approximate surface area is 190 Å². The van der Waals surface area contributed by atoms with E-state index in [9.17, 15) is 18.0 Å². The van der Waals surface area contributed by atoms with Crippen molar-refractivity contribution in [1.82, 2.24) is 19.0 Å². The topological polar surface area (TPSA) is 90.5 Å². The fourth-order valence-electron chi connectivity index (χ4n) is 4.02. The predicted octanol–water partition coefficient (Wildman–Crippen LogP) is 2.37. The summed E-state index contributed by atoms with van der Waals surface area (Å²) in [5.74, 6) is 0. The Kier molecular flexibility index (Phi) is 8.36. The van der Waals surface area contributed by atoms with E-state index >= 15 is 0 Å². The zero-order chi connectivity index (χ0) is 23.1. The summed E-state index contributed by atoms with van der Waals surface area (Å²) in [6.07, 6.45) is 2.96. The summed E-state index contributed by atoms with van der Waals surface area (Å²) in [6, 6.07) is 6.03. The molecule has 3 rings (SSSR count). The number of hydrogen-bond donors (Lipinski definition) is 0. The Balaban J connectivity index is 1.74. The first-order valence-electron chi connectivity index (χ1n) is 11.4. The number of amides is 3. The van der Waals surface area contributed by atoms with Crippen LogP contribution in [-0.2, 0) is 14.8 Å². The smallest absolute Gasteiger partial charge is 0.409 e. The van der Waals surface area contributed by atoms with E-state index in [1.165, 1.54) is 11.3 Å². The molecule has 2 saturated heterocycles. The van der Waals surface area contributed by atoms with Gasteiger partial charge in [0, 0.05) is 32.7 Å². The molecule has 1 aromatic rings. The number of sulfonamides is 1. The van der Waals surface area contributed by atoms with Gasteiger partial charge in [0.05, 0.1) is 18.0 Å². The highest BCUT2D eigenvalue weighted by atomic mass is 32.2. The van der Waals surface area contributed by atoms with Crippen molar-refractivity contribution in [3.63, 3.8) is 0 Å². The lowest BCUT2D eigenvalue weighted by molar-refractivity contribution is 0.0819. The van der Waals surface area contributed by atoms with Crippen molar-refractivity contribution >= 4 is 22.1 Å². The first kappa shape index (κ1) is 24.3. The molecule has 1 aromatic carbocycles. The lowest BCUT2D eigenvalue weighted by Gasteiger charge is -2.37. The van der Waals surface area contributed by atoms with Crippen molar-refractivity contribution in [2.75, 3.05) is 59.0 Å². The molecule has 0 aromatic heterocycles. The second-order valence-corrected chi connectivity index (χ2v) is 10.1. The summed E-state index contributed by atoms with van der Waals surface area (Å²) >= 11 is 0. The molecule has 0 aliphatic carbocycles. The second kappa shape index (κ2) is 11.0. The van der Waals surface area contributed by atoms with Crippen molar-refractivity contribution in [3.8, 4) is 0 Å². The minimum absolute atomic E-state index is 0.104. The maximum atomic E-state index is 13.4. The summed E-state index contributed by atoms with van der Waals surface area (Å²) in [7, 11) is -4.00. The van der Waals surface area contributed by atoms with E-state index in [1.807, 2.05) is 6.92 Å². The number of benzene rings is 1. The van der Waals surface area contributed by atoms with Crippen LogP contribution in [0.15, 0.2) is 29.2 Å². The maximum absolute atomic E-state index is 13.4. The van der Waals surface area contributed by atoms with Gasteiger partial charge in [-0.3, -0.25) is 0 Å². The highest BCUT2D eigenvalue weighted by Crippen LogP contribution is 2.20. The molecule has 2 fully saturated rings. The average molecular weight is 467 g/mol. The largest absolute Gasteiger partial charge is 0.450 e. The summed E-state index contributed by atoms with van der Waals surface area (Å²) in [5.41, 5.74) is 0.949. The molecule has 3 amide bonds. The van der Waals surface area contributed by atoms with Gasteiger partial charge in [0.2, 0.25) is 0 Å². The Morgan fingerprint density at radius 2 is 1.53 bits per heavy atom. The molecule has 0 bridgehead atoms. The number of hydrogen-bond acceptors (Lipinski definition) is 6. The molecule has 0 saturated carbocycles.